The highest BCUT2D eigenvalue weighted by Crippen LogP contribution is 2.37. The predicted molar refractivity (Wildman–Crippen MR) is 64.0 cm³/mol. The van der Waals surface area contributed by atoms with Crippen molar-refractivity contribution in [1.82, 2.24) is 4.98 Å². The number of rotatable bonds is 2. The molecule has 16 heavy (non-hydrogen) atoms. The van der Waals surface area contributed by atoms with Crippen LogP contribution in [0.25, 0.3) is 0 Å². The van der Waals surface area contributed by atoms with Gasteiger partial charge in [-0.3, -0.25) is 0 Å². The van der Waals surface area contributed by atoms with Crippen LogP contribution in [0.3, 0.4) is 0 Å². The van der Waals surface area contributed by atoms with Gasteiger partial charge in [-0.1, -0.05) is 19.3 Å². The van der Waals surface area contributed by atoms with E-state index in [2.05, 4.69) is 4.98 Å². The molecule has 1 aromatic heterocycles. The molecule has 88 valence electrons. The van der Waals surface area contributed by atoms with Crippen molar-refractivity contribution in [2.75, 3.05) is 7.11 Å². The highest BCUT2D eigenvalue weighted by atomic mass is 32.1. The maximum atomic E-state index is 11.6. The number of esters is 1. The molecule has 1 fully saturated rings. The van der Waals surface area contributed by atoms with Gasteiger partial charge in [-0.25, -0.2) is 9.78 Å². The summed E-state index contributed by atoms with van der Waals surface area (Å²) in [7, 11) is 1.42. The van der Waals surface area contributed by atoms with Crippen LogP contribution >= 0.6 is 11.3 Å². The standard InChI is InChI=1S/C12H17NO2S/c1-8-13-10(12(14)15-2)11(16-8)9-6-4-3-5-7-9/h9H,3-7H2,1-2H3. The molecular formula is C12H17NO2S. The van der Waals surface area contributed by atoms with Crippen molar-refractivity contribution in [3.63, 3.8) is 0 Å². The summed E-state index contributed by atoms with van der Waals surface area (Å²) in [6, 6.07) is 0. The van der Waals surface area contributed by atoms with Crippen molar-refractivity contribution in [1.29, 1.82) is 0 Å². The Kier molecular flexibility index (Phi) is 3.59. The summed E-state index contributed by atoms with van der Waals surface area (Å²) in [5.41, 5.74) is 0.553. The summed E-state index contributed by atoms with van der Waals surface area (Å²) in [6.45, 7) is 1.95. The Balaban J connectivity index is 2.27. The number of hydrogen-bond acceptors (Lipinski definition) is 4. The van der Waals surface area contributed by atoms with Crippen LogP contribution in [0.1, 0.15) is 58.4 Å². The summed E-state index contributed by atoms with van der Waals surface area (Å²) in [6.07, 6.45) is 6.23. The van der Waals surface area contributed by atoms with Crippen LogP contribution in [-0.4, -0.2) is 18.1 Å². The van der Waals surface area contributed by atoms with Gasteiger partial charge in [0.2, 0.25) is 0 Å². The lowest BCUT2D eigenvalue weighted by Crippen LogP contribution is -2.10. The van der Waals surface area contributed by atoms with E-state index < -0.39 is 0 Å². The fraction of sp³-hybridized carbons (Fsp3) is 0.667. The Morgan fingerprint density at radius 2 is 2.06 bits per heavy atom. The zero-order valence-corrected chi connectivity index (χ0v) is 10.6. The number of hydrogen-bond donors (Lipinski definition) is 0. The van der Waals surface area contributed by atoms with Gasteiger partial charge in [0, 0.05) is 4.88 Å². The van der Waals surface area contributed by atoms with Crippen molar-refractivity contribution in [3.05, 3.63) is 15.6 Å². The Labute approximate surface area is 99.8 Å². The fourth-order valence-corrected chi connectivity index (χ4v) is 3.41. The van der Waals surface area contributed by atoms with E-state index in [1.807, 2.05) is 6.92 Å². The third kappa shape index (κ3) is 2.26. The zero-order valence-electron chi connectivity index (χ0n) is 9.78. The largest absolute Gasteiger partial charge is 0.464 e. The average Bonchev–Trinajstić information content (AvgIpc) is 2.71. The molecule has 0 saturated heterocycles. The number of nitrogens with zero attached hydrogens (tertiary/aromatic N) is 1. The number of carbonyl (C=O) groups is 1. The van der Waals surface area contributed by atoms with E-state index in [-0.39, 0.29) is 5.97 Å². The first-order chi connectivity index (χ1) is 7.72. The second-order valence-corrected chi connectivity index (χ2v) is 5.51. The van der Waals surface area contributed by atoms with Crippen LogP contribution in [0.4, 0.5) is 0 Å². The normalized spacial score (nSPS) is 17.4. The average molecular weight is 239 g/mol. The third-order valence-corrected chi connectivity index (χ3v) is 4.25. The lowest BCUT2D eigenvalue weighted by atomic mass is 9.87. The molecule has 1 aliphatic carbocycles. The second-order valence-electron chi connectivity index (χ2n) is 4.27. The lowest BCUT2D eigenvalue weighted by Gasteiger charge is -2.20. The molecule has 0 N–H and O–H groups in total. The first-order valence-corrected chi connectivity index (χ1v) is 6.59. The van der Waals surface area contributed by atoms with Gasteiger partial charge in [-0.2, -0.15) is 0 Å². The molecule has 3 nitrogen and oxygen atoms in total. The number of ether oxygens (including phenoxy) is 1. The predicted octanol–water partition coefficient (Wildman–Crippen LogP) is 3.29. The van der Waals surface area contributed by atoms with Gasteiger partial charge in [0.25, 0.3) is 0 Å². The molecule has 4 heteroatoms. The third-order valence-electron chi connectivity index (χ3n) is 3.12. The van der Waals surface area contributed by atoms with Crippen molar-refractivity contribution >= 4 is 17.3 Å². The minimum absolute atomic E-state index is 0.287. The molecule has 0 bridgehead atoms. The fourth-order valence-electron chi connectivity index (χ4n) is 2.33. The van der Waals surface area contributed by atoms with Crippen LogP contribution < -0.4 is 0 Å². The minimum Gasteiger partial charge on any atom is -0.464 e. The van der Waals surface area contributed by atoms with E-state index in [4.69, 9.17) is 4.74 Å². The van der Waals surface area contributed by atoms with E-state index in [0.29, 0.717) is 11.6 Å². The first-order valence-electron chi connectivity index (χ1n) is 5.78. The van der Waals surface area contributed by atoms with E-state index in [0.717, 1.165) is 9.88 Å². The van der Waals surface area contributed by atoms with Crippen molar-refractivity contribution in [2.24, 2.45) is 0 Å². The van der Waals surface area contributed by atoms with Crippen LogP contribution in [0, 0.1) is 6.92 Å². The molecule has 2 rings (SSSR count). The Bertz CT molecular complexity index is 380. The number of methoxy groups -OCH3 is 1. The van der Waals surface area contributed by atoms with Crippen molar-refractivity contribution in [3.8, 4) is 0 Å². The summed E-state index contributed by atoms with van der Waals surface area (Å²) in [4.78, 5) is 17.1. The summed E-state index contributed by atoms with van der Waals surface area (Å²) >= 11 is 1.65. The molecule has 0 spiro atoms. The lowest BCUT2D eigenvalue weighted by molar-refractivity contribution is 0.0592. The first kappa shape index (κ1) is 11.6. The molecule has 0 atom stereocenters. The second kappa shape index (κ2) is 4.95. The van der Waals surface area contributed by atoms with Gasteiger partial charge < -0.3 is 4.74 Å². The van der Waals surface area contributed by atoms with Crippen LogP contribution in [0.5, 0.6) is 0 Å². The maximum absolute atomic E-state index is 11.6. The molecule has 1 saturated carbocycles. The number of aromatic nitrogens is 1. The molecule has 0 amide bonds. The van der Waals surface area contributed by atoms with E-state index >= 15 is 0 Å². The molecule has 1 heterocycles. The monoisotopic (exact) mass is 239 g/mol. The summed E-state index contributed by atoms with van der Waals surface area (Å²) < 4.78 is 4.79. The SMILES string of the molecule is COC(=O)c1nc(C)sc1C1CCCCC1. The molecule has 0 radical (unpaired) electrons. The number of aryl methyl sites for hydroxylation is 1. The van der Waals surface area contributed by atoms with E-state index in [9.17, 15) is 4.79 Å². The van der Waals surface area contributed by atoms with Crippen molar-refractivity contribution in [2.45, 2.75) is 44.9 Å². The molecular weight excluding hydrogens is 222 g/mol. The number of carbonyl (C=O) groups excluding carboxylic acids is 1. The van der Waals surface area contributed by atoms with Crippen molar-refractivity contribution < 1.29 is 9.53 Å². The van der Waals surface area contributed by atoms with Gasteiger partial charge in [0.05, 0.1) is 12.1 Å². The van der Waals surface area contributed by atoms with Crippen LogP contribution in [0.15, 0.2) is 0 Å². The molecule has 0 unspecified atom stereocenters. The van der Waals surface area contributed by atoms with E-state index in [1.165, 1.54) is 39.2 Å². The Morgan fingerprint density at radius 1 is 1.38 bits per heavy atom. The van der Waals surface area contributed by atoms with E-state index in [1.54, 1.807) is 11.3 Å². The van der Waals surface area contributed by atoms with Gasteiger partial charge >= 0.3 is 5.97 Å². The Hall–Kier alpha value is -0.900. The molecule has 0 aromatic carbocycles. The maximum Gasteiger partial charge on any atom is 0.357 e. The van der Waals surface area contributed by atoms with Gasteiger partial charge in [-0.05, 0) is 25.7 Å². The minimum atomic E-state index is -0.287. The van der Waals surface area contributed by atoms with Crippen LogP contribution in [-0.2, 0) is 4.74 Å². The quantitative estimate of drug-likeness (QED) is 0.743. The molecule has 0 aliphatic heterocycles. The Morgan fingerprint density at radius 3 is 2.69 bits per heavy atom. The summed E-state index contributed by atoms with van der Waals surface area (Å²) in [5.74, 6) is 0.235. The number of thiazole rings is 1. The van der Waals surface area contributed by atoms with Gasteiger partial charge in [0.15, 0.2) is 5.69 Å². The zero-order chi connectivity index (χ0) is 11.5. The smallest absolute Gasteiger partial charge is 0.357 e. The molecule has 1 aromatic rings. The molecule has 1 aliphatic rings. The van der Waals surface area contributed by atoms with Crippen LogP contribution in [0.2, 0.25) is 0 Å². The van der Waals surface area contributed by atoms with Gasteiger partial charge in [0.1, 0.15) is 0 Å². The highest BCUT2D eigenvalue weighted by molar-refractivity contribution is 7.12. The summed E-state index contributed by atoms with van der Waals surface area (Å²) in [5, 5.41) is 0.959. The topological polar surface area (TPSA) is 39.2 Å². The van der Waals surface area contributed by atoms with Gasteiger partial charge in [-0.15, -0.1) is 11.3 Å². The highest BCUT2D eigenvalue weighted by Gasteiger charge is 2.25.